The molecule has 1 unspecified atom stereocenters. The Morgan fingerprint density at radius 1 is 1.21 bits per heavy atom. The molecule has 3 heterocycles. The Kier molecular flexibility index (Phi) is 6.34. The molecular weight excluding hydrogens is 368 g/mol. The highest BCUT2D eigenvalue weighted by atomic mass is 16.5. The van der Waals surface area contributed by atoms with Crippen LogP contribution in [0.2, 0.25) is 0 Å². The monoisotopic (exact) mass is 398 g/mol. The second-order valence-electron chi connectivity index (χ2n) is 7.55. The largest absolute Gasteiger partial charge is 0.461 e. The number of hydrogen-bond donors (Lipinski definition) is 1. The van der Waals surface area contributed by atoms with Crippen LogP contribution in [-0.4, -0.2) is 73.6 Å². The summed E-state index contributed by atoms with van der Waals surface area (Å²) >= 11 is 0. The molecule has 0 saturated carbocycles. The summed E-state index contributed by atoms with van der Waals surface area (Å²) in [5, 5.41) is 4.51. The second kappa shape index (κ2) is 9.31. The van der Waals surface area contributed by atoms with Crippen molar-refractivity contribution in [3.63, 3.8) is 0 Å². The number of nitrogens with one attached hydrogen (secondary N) is 1. The van der Waals surface area contributed by atoms with Crippen LogP contribution < -0.4 is 5.32 Å². The molecule has 156 valence electrons. The first-order valence-electron chi connectivity index (χ1n) is 10.7. The van der Waals surface area contributed by atoms with Gasteiger partial charge in [-0.3, -0.25) is 9.79 Å². The molecule has 7 nitrogen and oxygen atoms in total. The first kappa shape index (κ1) is 19.8. The number of benzene rings is 1. The number of ether oxygens (including phenoxy) is 1. The Morgan fingerprint density at radius 3 is 2.72 bits per heavy atom. The van der Waals surface area contributed by atoms with Crippen molar-refractivity contribution in [2.45, 2.75) is 32.3 Å². The van der Waals surface area contributed by atoms with E-state index in [4.69, 9.17) is 14.1 Å². The minimum Gasteiger partial charge on any atom is -0.461 e. The van der Waals surface area contributed by atoms with Gasteiger partial charge in [-0.05, 0) is 31.9 Å². The summed E-state index contributed by atoms with van der Waals surface area (Å²) in [7, 11) is 0. The van der Waals surface area contributed by atoms with Crippen LogP contribution in [0.1, 0.15) is 25.5 Å². The molecule has 1 N–H and O–H groups in total. The van der Waals surface area contributed by atoms with Gasteiger partial charge < -0.3 is 24.3 Å². The lowest BCUT2D eigenvalue weighted by Gasteiger charge is -2.37. The summed E-state index contributed by atoms with van der Waals surface area (Å²) in [6.07, 6.45) is 2.37. The predicted molar refractivity (Wildman–Crippen MR) is 113 cm³/mol. The van der Waals surface area contributed by atoms with Crippen LogP contribution in [0.25, 0.3) is 11.0 Å². The zero-order valence-corrected chi connectivity index (χ0v) is 17.1. The Labute approximate surface area is 171 Å². The maximum Gasteiger partial charge on any atom is 0.251 e. The van der Waals surface area contributed by atoms with E-state index in [0.29, 0.717) is 26.2 Å². The molecule has 29 heavy (non-hydrogen) atoms. The Morgan fingerprint density at radius 2 is 2.00 bits per heavy atom. The van der Waals surface area contributed by atoms with E-state index in [1.807, 2.05) is 23.1 Å². The molecule has 0 bridgehead atoms. The molecule has 2 aliphatic heterocycles. The Hall–Kier alpha value is -2.54. The molecule has 0 spiro atoms. The molecule has 2 aliphatic rings. The van der Waals surface area contributed by atoms with Crippen LogP contribution in [0.15, 0.2) is 39.7 Å². The zero-order chi connectivity index (χ0) is 20.1. The maximum absolute atomic E-state index is 12.5. The number of amides is 1. The van der Waals surface area contributed by atoms with Crippen LogP contribution >= 0.6 is 0 Å². The number of guanidine groups is 1. The molecule has 0 radical (unpaired) electrons. The summed E-state index contributed by atoms with van der Waals surface area (Å²) in [6, 6.07) is 10.1. The number of para-hydroxylation sites is 1. The van der Waals surface area contributed by atoms with Crippen molar-refractivity contribution in [1.82, 2.24) is 15.1 Å². The quantitative estimate of drug-likeness (QED) is 0.618. The van der Waals surface area contributed by atoms with Gasteiger partial charge in [-0.1, -0.05) is 18.2 Å². The number of hydrogen-bond acceptors (Lipinski definition) is 4. The minimum absolute atomic E-state index is 0.147. The van der Waals surface area contributed by atoms with Gasteiger partial charge >= 0.3 is 0 Å². The second-order valence-corrected chi connectivity index (χ2v) is 7.55. The van der Waals surface area contributed by atoms with Crippen LogP contribution in [0, 0.1) is 0 Å². The van der Waals surface area contributed by atoms with E-state index in [-0.39, 0.29) is 12.0 Å². The van der Waals surface area contributed by atoms with Gasteiger partial charge in [0.25, 0.3) is 5.91 Å². The van der Waals surface area contributed by atoms with Gasteiger partial charge in [0, 0.05) is 57.7 Å². The first-order valence-corrected chi connectivity index (χ1v) is 10.7. The standard InChI is InChI=1S/C22H30N4O3/c1-2-23-22(24-10-9-18-16-17-6-3-4-7-19(17)29-18)26-13-11-25(12-14-26)21(27)20-8-5-15-28-20/h3-4,6-7,16,20H,2,5,8-15H2,1H3,(H,23,24). The van der Waals surface area contributed by atoms with E-state index in [1.165, 1.54) is 0 Å². The number of fused-ring (bicyclic) bond motifs is 1. The number of nitrogens with zero attached hydrogens (tertiary/aromatic N) is 3. The van der Waals surface area contributed by atoms with E-state index in [9.17, 15) is 4.79 Å². The van der Waals surface area contributed by atoms with Gasteiger partial charge in [0.15, 0.2) is 5.96 Å². The SMILES string of the molecule is CCNC(=NCCc1cc2ccccc2o1)N1CCN(C(=O)C2CCCO2)CC1. The van der Waals surface area contributed by atoms with Crippen molar-refractivity contribution in [3.8, 4) is 0 Å². The summed E-state index contributed by atoms with van der Waals surface area (Å²) < 4.78 is 11.4. The molecule has 1 aromatic carbocycles. The van der Waals surface area contributed by atoms with E-state index >= 15 is 0 Å². The molecule has 7 heteroatoms. The third kappa shape index (κ3) is 4.72. The van der Waals surface area contributed by atoms with Gasteiger partial charge in [-0.25, -0.2) is 0 Å². The molecule has 4 rings (SSSR count). The highest BCUT2D eigenvalue weighted by Gasteiger charge is 2.30. The Balaban J connectivity index is 1.31. The fraction of sp³-hybridized carbons (Fsp3) is 0.545. The average molecular weight is 399 g/mol. The Bertz CT molecular complexity index is 816. The molecular formula is C22H30N4O3. The van der Waals surface area contributed by atoms with Crippen molar-refractivity contribution in [2.75, 3.05) is 45.9 Å². The number of aliphatic imine (C=N–C) groups is 1. The smallest absolute Gasteiger partial charge is 0.251 e. The van der Waals surface area contributed by atoms with Crippen molar-refractivity contribution >= 4 is 22.8 Å². The minimum atomic E-state index is -0.229. The molecule has 1 aromatic heterocycles. The number of piperazine rings is 1. The molecule has 2 saturated heterocycles. The third-order valence-electron chi connectivity index (χ3n) is 5.53. The molecule has 0 aliphatic carbocycles. The topological polar surface area (TPSA) is 70.3 Å². The van der Waals surface area contributed by atoms with E-state index in [0.717, 1.165) is 61.6 Å². The van der Waals surface area contributed by atoms with Crippen molar-refractivity contribution in [1.29, 1.82) is 0 Å². The summed E-state index contributed by atoms with van der Waals surface area (Å²) in [4.78, 5) is 21.5. The highest BCUT2D eigenvalue weighted by Crippen LogP contribution is 2.19. The fourth-order valence-electron chi connectivity index (χ4n) is 3.97. The number of carbonyl (C=O) groups excluding carboxylic acids is 1. The van der Waals surface area contributed by atoms with Gasteiger partial charge in [-0.15, -0.1) is 0 Å². The normalized spacial score (nSPS) is 20.4. The lowest BCUT2D eigenvalue weighted by Crippen LogP contribution is -2.55. The van der Waals surface area contributed by atoms with E-state index in [1.54, 1.807) is 0 Å². The van der Waals surface area contributed by atoms with E-state index in [2.05, 4.69) is 29.3 Å². The molecule has 1 atom stereocenters. The number of carbonyl (C=O) groups is 1. The van der Waals surface area contributed by atoms with Crippen molar-refractivity contribution < 1.29 is 13.9 Å². The molecule has 2 aromatic rings. The molecule has 1 amide bonds. The summed E-state index contributed by atoms with van der Waals surface area (Å²) in [5.41, 5.74) is 0.922. The number of furan rings is 1. The van der Waals surface area contributed by atoms with Crippen molar-refractivity contribution in [3.05, 3.63) is 36.1 Å². The highest BCUT2D eigenvalue weighted by molar-refractivity contribution is 5.83. The fourth-order valence-corrected chi connectivity index (χ4v) is 3.97. The van der Waals surface area contributed by atoms with Crippen LogP contribution in [0.5, 0.6) is 0 Å². The van der Waals surface area contributed by atoms with Gasteiger partial charge in [0.2, 0.25) is 0 Å². The summed E-state index contributed by atoms with van der Waals surface area (Å²) in [5.74, 6) is 2.01. The first-order chi connectivity index (χ1) is 14.2. The van der Waals surface area contributed by atoms with Crippen molar-refractivity contribution in [2.24, 2.45) is 4.99 Å². The zero-order valence-electron chi connectivity index (χ0n) is 17.1. The van der Waals surface area contributed by atoms with Crippen LogP contribution in [-0.2, 0) is 16.0 Å². The average Bonchev–Trinajstić information content (AvgIpc) is 3.42. The maximum atomic E-state index is 12.5. The van der Waals surface area contributed by atoms with E-state index < -0.39 is 0 Å². The van der Waals surface area contributed by atoms with Gasteiger partial charge in [-0.2, -0.15) is 0 Å². The summed E-state index contributed by atoms with van der Waals surface area (Å²) in [6.45, 7) is 7.27. The van der Waals surface area contributed by atoms with Crippen LogP contribution in [0.4, 0.5) is 0 Å². The number of rotatable bonds is 5. The van der Waals surface area contributed by atoms with Gasteiger partial charge in [0.05, 0.1) is 0 Å². The lowest BCUT2D eigenvalue weighted by molar-refractivity contribution is -0.142. The lowest BCUT2D eigenvalue weighted by atomic mass is 10.2. The third-order valence-corrected chi connectivity index (χ3v) is 5.53. The van der Waals surface area contributed by atoms with Gasteiger partial charge in [0.1, 0.15) is 17.4 Å². The van der Waals surface area contributed by atoms with Crippen LogP contribution in [0.3, 0.4) is 0 Å². The predicted octanol–water partition coefficient (Wildman–Crippen LogP) is 2.26. The molecule has 2 fully saturated rings.